The number of rotatable bonds is 16. The molecule has 5 radical (unpaired) electrons. The molecule has 9 heteroatoms. The van der Waals surface area contributed by atoms with Gasteiger partial charge in [-0.1, -0.05) is 62.8 Å². The molecule has 2 aliphatic rings. The Hall–Kier alpha value is -1.71. The van der Waals surface area contributed by atoms with E-state index in [4.69, 9.17) is 14.0 Å². The summed E-state index contributed by atoms with van der Waals surface area (Å²) >= 11 is 4.25. The van der Waals surface area contributed by atoms with Gasteiger partial charge in [0, 0.05) is 25.9 Å². The normalized spacial score (nSPS) is 18.5. The van der Waals surface area contributed by atoms with E-state index >= 15 is 0 Å². The van der Waals surface area contributed by atoms with Crippen molar-refractivity contribution in [3.8, 4) is 0 Å². The number of benzene rings is 1. The van der Waals surface area contributed by atoms with Crippen molar-refractivity contribution in [2.75, 3.05) is 19.3 Å². The van der Waals surface area contributed by atoms with Gasteiger partial charge in [-0.2, -0.15) is 12.6 Å². The van der Waals surface area contributed by atoms with E-state index in [2.05, 4.69) is 17.9 Å². The van der Waals surface area contributed by atoms with Crippen LogP contribution in [0.5, 0.6) is 0 Å². The third-order valence-corrected chi connectivity index (χ3v) is 8.49. The lowest BCUT2D eigenvalue weighted by Gasteiger charge is -2.32. The standard InChI is InChI=1S/C32H48BN2O5S/c1-31(2)32(3,4)40-33(39-31)28-17-14-13-16-26(28)24-38-30(37)35(5)27-20-19-25(22-27)23-34-29(36)18-12-10-8-6-7-9-11-15-21-41/h13-14,16-17,19-20,22,41H,6-12,15,18,21,23-24H2,1-5H3,(H,34,36). The molecule has 2 amide bonds. The number of thiol groups is 1. The average molecular weight is 584 g/mol. The summed E-state index contributed by atoms with van der Waals surface area (Å²) in [6.07, 6.45) is 15.2. The van der Waals surface area contributed by atoms with E-state index in [1.807, 2.05) is 71.2 Å². The van der Waals surface area contributed by atoms with Crippen molar-refractivity contribution in [1.82, 2.24) is 10.2 Å². The van der Waals surface area contributed by atoms with Crippen molar-refractivity contribution >= 4 is 37.2 Å². The molecule has 3 rings (SSSR count). The van der Waals surface area contributed by atoms with E-state index in [-0.39, 0.29) is 12.5 Å². The Kier molecular flexibility index (Phi) is 13.4. The first-order valence-corrected chi connectivity index (χ1v) is 15.6. The van der Waals surface area contributed by atoms with Gasteiger partial charge in [-0.15, -0.1) is 0 Å². The van der Waals surface area contributed by atoms with Gasteiger partial charge in [0.25, 0.3) is 0 Å². The molecule has 2 fully saturated rings. The van der Waals surface area contributed by atoms with Crippen molar-refractivity contribution in [1.29, 1.82) is 0 Å². The van der Waals surface area contributed by atoms with Gasteiger partial charge in [-0.05, 0) is 76.6 Å². The highest BCUT2D eigenvalue weighted by Gasteiger charge is 2.52. The molecule has 0 atom stereocenters. The minimum Gasteiger partial charge on any atom is -0.445 e. The second-order valence-corrected chi connectivity index (χ2v) is 12.4. The highest BCUT2D eigenvalue weighted by atomic mass is 32.1. The fourth-order valence-corrected chi connectivity index (χ4v) is 4.98. The Labute approximate surface area is 254 Å². The topological polar surface area (TPSA) is 77.1 Å². The lowest BCUT2D eigenvalue weighted by molar-refractivity contribution is -0.121. The lowest BCUT2D eigenvalue weighted by Crippen LogP contribution is -2.41. The molecule has 1 N–H and O–H groups in total. The zero-order chi connectivity index (χ0) is 29.9. The summed E-state index contributed by atoms with van der Waals surface area (Å²) in [5.74, 6) is 1.99. The number of amides is 2. The zero-order valence-corrected chi connectivity index (χ0v) is 26.4. The Morgan fingerprint density at radius 2 is 1.54 bits per heavy atom. The molecule has 1 aromatic carbocycles. The molecule has 1 aliphatic carbocycles. The molecular weight excluding hydrogens is 535 g/mol. The molecule has 1 saturated heterocycles. The maximum Gasteiger partial charge on any atom is 0.495 e. The fraction of sp³-hybridized carbons (Fsp3) is 0.594. The number of nitrogens with one attached hydrogen (secondary N) is 1. The Morgan fingerprint density at radius 1 is 0.927 bits per heavy atom. The van der Waals surface area contributed by atoms with Gasteiger partial charge in [0.05, 0.1) is 17.2 Å². The average Bonchev–Trinajstić information content (AvgIpc) is 3.50. The third-order valence-electron chi connectivity index (χ3n) is 8.18. The second kappa shape index (κ2) is 16.2. The van der Waals surface area contributed by atoms with E-state index < -0.39 is 24.4 Å². The summed E-state index contributed by atoms with van der Waals surface area (Å²) in [7, 11) is 1.15. The van der Waals surface area contributed by atoms with E-state index in [1.54, 1.807) is 7.05 Å². The van der Waals surface area contributed by atoms with Crippen LogP contribution in [-0.4, -0.2) is 54.6 Å². The third kappa shape index (κ3) is 10.2. The maximum atomic E-state index is 12.9. The molecule has 1 aromatic rings. The van der Waals surface area contributed by atoms with Crippen LogP contribution in [0.4, 0.5) is 4.79 Å². The predicted molar refractivity (Wildman–Crippen MR) is 168 cm³/mol. The quantitative estimate of drug-likeness (QED) is 0.145. The van der Waals surface area contributed by atoms with E-state index in [0.29, 0.717) is 19.0 Å². The van der Waals surface area contributed by atoms with Gasteiger partial charge >= 0.3 is 13.2 Å². The number of carbonyl (C=O) groups is 2. The first-order chi connectivity index (χ1) is 19.5. The summed E-state index contributed by atoms with van der Waals surface area (Å²) in [4.78, 5) is 26.6. The van der Waals surface area contributed by atoms with Crippen molar-refractivity contribution in [3.63, 3.8) is 0 Å². The van der Waals surface area contributed by atoms with Crippen LogP contribution in [0.15, 0.2) is 24.3 Å². The van der Waals surface area contributed by atoms with Gasteiger partial charge < -0.3 is 24.3 Å². The summed E-state index contributed by atoms with van der Waals surface area (Å²) < 4.78 is 18.1. The smallest absolute Gasteiger partial charge is 0.445 e. The van der Waals surface area contributed by atoms with Gasteiger partial charge in [0.2, 0.25) is 5.91 Å². The van der Waals surface area contributed by atoms with Crippen LogP contribution >= 0.6 is 12.6 Å². The van der Waals surface area contributed by atoms with Gasteiger partial charge in [0.15, 0.2) is 0 Å². The van der Waals surface area contributed by atoms with Crippen LogP contribution in [0.1, 0.15) is 91.0 Å². The molecule has 1 aliphatic heterocycles. The SMILES string of the molecule is CN([C]1[CH][CH][C](CNC(=O)CCCCCCCCCCS)[CH]1)C(=O)OCc1ccccc1B1OC(C)(C)C(C)(C)O1. The number of ether oxygens (including phenoxy) is 1. The maximum absolute atomic E-state index is 12.9. The largest absolute Gasteiger partial charge is 0.495 e. The molecule has 0 unspecified atom stereocenters. The number of hydrogen-bond acceptors (Lipinski definition) is 6. The van der Waals surface area contributed by atoms with Crippen molar-refractivity contribution in [3.05, 3.63) is 61.1 Å². The zero-order valence-electron chi connectivity index (χ0n) is 25.5. The molecule has 225 valence electrons. The van der Waals surface area contributed by atoms with Gasteiger partial charge in [-0.25, -0.2) is 4.79 Å². The van der Waals surface area contributed by atoms with Gasteiger partial charge in [-0.3, -0.25) is 4.79 Å². The van der Waals surface area contributed by atoms with Gasteiger partial charge in [0.1, 0.15) is 6.61 Å². The molecule has 1 saturated carbocycles. The molecule has 0 spiro atoms. The van der Waals surface area contributed by atoms with Crippen molar-refractivity contribution in [2.24, 2.45) is 0 Å². The minimum absolute atomic E-state index is 0.0648. The first-order valence-electron chi connectivity index (χ1n) is 15.0. The number of hydrogen-bond donors (Lipinski definition) is 2. The highest BCUT2D eigenvalue weighted by Crippen LogP contribution is 2.37. The Balaban J connectivity index is 1.34. The molecule has 1 heterocycles. The number of unbranched alkanes of at least 4 members (excludes halogenated alkanes) is 7. The Bertz CT molecular complexity index is 959. The van der Waals surface area contributed by atoms with Crippen LogP contribution in [0.25, 0.3) is 0 Å². The van der Waals surface area contributed by atoms with E-state index in [0.717, 1.165) is 35.5 Å². The molecule has 0 aromatic heterocycles. The minimum atomic E-state index is -0.529. The molecular formula is C32H48BN2O5S. The van der Waals surface area contributed by atoms with Crippen molar-refractivity contribution in [2.45, 2.75) is 103 Å². The first kappa shape index (κ1) is 33.8. The monoisotopic (exact) mass is 583 g/mol. The van der Waals surface area contributed by atoms with Crippen LogP contribution in [0, 0.1) is 31.2 Å². The summed E-state index contributed by atoms with van der Waals surface area (Å²) in [6, 6.07) is 8.42. The molecule has 41 heavy (non-hydrogen) atoms. The summed E-state index contributed by atoms with van der Waals surface area (Å²) in [5, 5.41) is 2.99. The van der Waals surface area contributed by atoms with E-state index in [1.165, 1.54) is 43.4 Å². The van der Waals surface area contributed by atoms with Crippen molar-refractivity contribution < 1.29 is 23.6 Å². The van der Waals surface area contributed by atoms with E-state index in [9.17, 15) is 9.59 Å². The lowest BCUT2D eigenvalue weighted by atomic mass is 9.76. The molecule has 0 bridgehead atoms. The number of nitrogens with zero attached hydrogens (tertiary/aromatic N) is 1. The second-order valence-electron chi connectivity index (χ2n) is 12.0. The predicted octanol–water partition coefficient (Wildman–Crippen LogP) is 5.84. The van der Waals surface area contributed by atoms with Crippen LogP contribution in [0.2, 0.25) is 0 Å². The Morgan fingerprint density at radius 3 is 2.20 bits per heavy atom. The van der Waals surface area contributed by atoms with Crippen LogP contribution in [-0.2, 0) is 25.4 Å². The number of carbonyl (C=O) groups excluding carboxylic acids is 2. The van der Waals surface area contributed by atoms with Crippen LogP contribution in [0.3, 0.4) is 0 Å². The fourth-order valence-electron chi connectivity index (χ4n) is 4.75. The summed E-state index contributed by atoms with van der Waals surface area (Å²) in [5.41, 5.74) is 0.778. The van der Waals surface area contributed by atoms with Crippen LogP contribution < -0.4 is 10.8 Å². The highest BCUT2D eigenvalue weighted by molar-refractivity contribution is 7.80. The summed E-state index contributed by atoms with van der Waals surface area (Å²) in [6.45, 7) is 8.60. The molecule has 7 nitrogen and oxygen atoms in total.